The second-order valence-electron chi connectivity index (χ2n) is 3.26. The van der Waals surface area contributed by atoms with Crippen molar-refractivity contribution in [2.45, 2.75) is 13.3 Å². The van der Waals surface area contributed by atoms with Gasteiger partial charge in [-0.2, -0.15) is 0 Å². The van der Waals surface area contributed by atoms with Gasteiger partial charge in [0.15, 0.2) is 0 Å². The molecule has 2 nitrogen and oxygen atoms in total. The van der Waals surface area contributed by atoms with Gasteiger partial charge in [-0.1, -0.05) is 30.3 Å². The van der Waals surface area contributed by atoms with E-state index in [0.717, 1.165) is 27.4 Å². The summed E-state index contributed by atoms with van der Waals surface area (Å²) in [5.41, 5.74) is 2.01. The molecule has 0 aliphatic carbocycles. The van der Waals surface area contributed by atoms with Crippen molar-refractivity contribution in [2.24, 2.45) is 0 Å². The fourth-order valence-electron chi connectivity index (χ4n) is 1.40. The van der Waals surface area contributed by atoms with Gasteiger partial charge in [-0.15, -0.1) is 11.3 Å². The number of hydrogen-bond acceptors (Lipinski definition) is 3. The summed E-state index contributed by atoms with van der Waals surface area (Å²) in [5, 5.41) is 0.991. The third-order valence-electron chi connectivity index (χ3n) is 2.19. The van der Waals surface area contributed by atoms with E-state index in [4.69, 9.17) is 0 Å². The van der Waals surface area contributed by atoms with E-state index in [0.29, 0.717) is 6.42 Å². The fraction of sp³-hybridized carbons (Fsp3) is 0.167. The van der Waals surface area contributed by atoms with Crippen molar-refractivity contribution >= 4 is 17.6 Å². The number of rotatable bonds is 3. The SMILES string of the molecule is Cc1sc(-c2ccccc2)nc1CC=O. The summed E-state index contributed by atoms with van der Waals surface area (Å²) in [4.78, 5) is 16.0. The number of nitrogens with zero attached hydrogens (tertiary/aromatic N) is 1. The monoisotopic (exact) mass is 217 g/mol. The third-order valence-corrected chi connectivity index (χ3v) is 3.25. The molecule has 0 radical (unpaired) electrons. The molecule has 2 rings (SSSR count). The van der Waals surface area contributed by atoms with E-state index in [1.165, 1.54) is 0 Å². The first-order valence-electron chi connectivity index (χ1n) is 4.76. The molecule has 0 spiro atoms. The molecule has 0 aliphatic rings. The maximum absolute atomic E-state index is 10.4. The zero-order valence-electron chi connectivity index (χ0n) is 8.43. The Labute approximate surface area is 92.6 Å². The zero-order valence-corrected chi connectivity index (χ0v) is 9.25. The molecular formula is C12H11NOS. The number of benzene rings is 1. The third kappa shape index (κ3) is 2.13. The molecule has 3 heteroatoms. The van der Waals surface area contributed by atoms with Crippen molar-refractivity contribution in [2.75, 3.05) is 0 Å². The highest BCUT2D eigenvalue weighted by Crippen LogP contribution is 2.27. The Morgan fingerprint density at radius 1 is 1.33 bits per heavy atom. The van der Waals surface area contributed by atoms with Crippen LogP contribution in [0.5, 0.6) is 0 Å². The van der Waals surface area contributed by atoms with Crippen LogP contribution in [0.2, 0.25) is 0 Å². The van der Waals surface area contributed by atoms with Crippen LogP contribution in [0.3, 0.4) is 0 Å². The van der Waals surface area contributed by atoms with Gasteiger partial charge < -0.3 is 4.79 Å². The Kier molecular flexibility index (Phi) is 2.92. The summed E-state index contributed by atoms with van der Waals surface area (Å²) in [6.07, 6.45) is 1.31. The quantitative estimate of drug-likeness (QED) is 0.740. The standard InChI is InChI=1S/C12H11NOS/c1-9-11(7-8-14)13-12(15-9)10-5-3-2-4-6-10/h2-6,8H,7H2,1H3. The topological polar surface area (TPSA) is 30.0 Å². The van der Waals surface area contributed by atoms with Crippen molar-refractivity contribution in [1.82, 2.24) is 4.98 Å². The van der Waals surface area contributed by atoms with Crippen LogP contribution in [0.1, 0.15) is 10.6 Å². The molecule has 1 aromatic heterocycles. The van der Waals surface area contributed by atoms with E-state index in [1.54, 1.807) is 11.3 Å². The lowest BCUT2D eigenvalue weighted by molar-refractivity contribution is -0.107. The normalized spacial score (nSPS) is 10.2. The van der Waals surface area contributed by atoms with Crippen molar-refractivity contribution in [1.29, 1.82) is 0 Å². The van der Waals surface area contributed by atoms with Gasteiger partial charge in [0, 0.05) is 16.9 Å². The van der Waals surface area contributed by atoms with Crippen LogP contribution in [0.25, 0.3) is 10.6 Å². The molecule has 0 N–H and O–H groups in total. The largest absolute Gasteiger partial charge is 0.303 e. The molecule has 76 valence electrons. The molecule has 0 saturated heterocycles. The van der Waals surface area contributed by atoms with Gasteiger partial charge in [-0.3, -0.25) is 0 Å². The van der Waals surface area contributed by atoms with Crippen molar-refractivity contribution in [3.63, 3.8) is 0 Å². The van der Waals surface area contributed by atoms with Crippen LogP contribution in [-0.2, 0) is 11.2 Å². The Balaban J connectivity index is 2.38. The first kappa shape index (κ1) is 10.1. The van der Waals surface area contributed by atoms with Crippen molar-refractivity contribution in [3.05, 3.63) is 40.9 Å². The van der Waals surface area contributed by atoms with E-state index >= 15 is 0 Å². The molecular weight excluding hydrogens is 206 g/mol. The van der Waals surface area contributed by atoms with E-state index in [1.807, 2.05) is 37.3 Å². The lowest BCUT2D eigenvalue weighted by Crippen LogP contribution is -1.88. The Hall–Kier alpha value is -1.48. The highest BCUT2D eigenvalue weighted by atomic mass is 32.1. The molecule has 1 aromatic carbocycles. The predicted molar refractivity (Wildman–Crippen MR) is 62.1 cm³/mol. The minimum Gasteiger partial charge on any atom is -0.303 e. The van der Waals surface area contributed by atoms with Crippen LogP contribution >= 0.6 is 11.3 Å². The first-order chi connectivity index (χ1) is 7.31. The van der Waals surface area contributed by atoms with Crippen LogP contribution in [0.4, 0.5) is 0 Å². The van der Waals surface area contributed by atoms with E-state index in [9.17, 15) is 4.79 Å². The smallest absolute Gasteiger partial charge is 0.125 e. The number of hydrogen-bond donors (Lipinski definition) is 0. The van der Waals surface area contributed by atoms with Crippen LogP contribution in [0.15, 0.2) is 30.3 Å². The van der Waals surface area contributed by atoms with E-state index in [-0.39, 0.29) is 0 Å². The number of carbonyl (C=O) groups excluding carboxylic acids is 1. The lowest BCUT2D eigenvalue weighted by Gasteiger charge is -1.92. The molecule has 0 bridgehead atoms. The van der Waals surface area contributed by atoms with Crippen molar-refractivity contribution in [3.8, 4) is 10.6 Å². The number of carbonyl (C=O) groups is 1. The average molecular weight is 217 g/mol. The first-order valence-corrected chi connectivity index (χ1v) is 5.58. The van der Waals surface area contributed by atoms with E-state index < -0.39 is 0 Å². The molecule has 0 fully saturated rings. The zero-order chi connectivity index (χ0) is 10.7. The summed E-state index contributed by atoms with van der Waals surface area (Å²) in [7, 11) is 0. The molecule has 0 saturated carbocycles. The van der Waals surface area contributed by atoms with Gasteiger partial charge in [-0.05, 0) is 6.92 Å². The molecule has 15 heavy (non-hydrogen) atoms. The summed E-state index contributed by atoms with van der Waals surface area (Å²) in [6.45, 7) is 2.00. The summed E-state index contributed by atoms with van der Waals surface area (Å²) >= 11 is 1.64. The van der Waals surface area contributed by atoms with Crippen LogP contribution < -0.4 is 0 Å². The van der Waals surface area contributed by atoms with Crippen molar-refractivity contribution < 1.29 is 4.79 Å². The summed E-state index contributed by atoms with van der Waals surface area (Å²) < 4.78 is 0. The number of aldehydes is 1. The van der Waals surface area contributed by atoms with Gasteiger partial charge in [0.25, 0.3) is 0 Å². The Morgan fingerprint density at radius 2 is 2.07 bits per heavy atom. The molecule has 1 heterocycles. The fourth-order valence-corrected chi connectivity index (χ4v) is 2.35. The molecule has 0 aliphatic heterocycles. The second kappa shape index (κ2) is 4.36. The summed E-state index contributed by atoms with van der Waals surface area (Å²) in [6, 6.07) is 10.0. The highest BCUT2D eigenvalue weighted by molar-refractivity contribution is 7.15. The van der Waals surface area contributed by atoms with E-state index in [2.05, 4.69) is 4.98 Å². The van der Waals surface area contributed by atoms with Gasteiger partial charge >= 0.3 is 0 Å². The van der Waals surface area contributed by atoms with Gasteiger partial charge in [0.05, 0.1) is 5.69 Å². The van der Waals surface area contributed by atoms with Gasteiger partial charge in [0.2, 0.25) is 0 Å². The number of thiazole rings is 1. The lowest BCUT2D eigenvalue weighted by atomic mass is 10.2. The predicted octanol–water partition coefficient (Wildman–Crippen LogP) is 2.86. The highest BCUT2D eigenvalue weighted by Gasteiger charge is 2.07. The molecule has 2 aromatic rings. The van der Waals surface area contributed by atoms with Crippen LogP contribution in [0, 0.1) is 6.92 Å². The second-order valence-corrected chi connectivity index (χ2v) is 4.46. The Bertz CT molecular complexity index is 462. The molecule has 0 atom stereocenters. The minimum absolute atomic E-state index is 0.412. The Morgan fingerprint density at radius 3 is 2.73 bits per heavy atom. The maximum Gasteiger partial charge on any atom is 0.125 e. The summed E-state index contributed by atoms with van der Waals surface area (Å²) in [5.74, 6) is 0. The maximum atomic E-state index is 10.4. The van der Waals surface area contributed by atoms with Crippen LogP contribution in [-0.4, -0.2) is 11.3 Å². The molecule has 0 unspecified atom stereocenters. The number of aryl methyl sites for hydroxylation is 1. The van der Waals surface area contributed by atoms with Gasteiger partial charge in [0.1, 0.15) is 11.3 Å². The van der Waals surface area contributed by atoms with Gasteiger partial charge in [-0.25, -0.2) is 4.98 Å². The average Bonchev–Trinajstić information content (AvgIpc) is 2.63. The molecule has 0 amide bonds. The minimum atomic E-state index is 0.412. The number of aromatic nitrogens is 1.